The molecule has 1 amide bonds. The number of benzene rings is 1. The van der Waals surface area contributed by atoms with Crippen molar-refractivity contribution in [2.45, 2.75) is 52.3 Å². The number of aromatic nitrogens is 2. The van der Waals surface area contributed by atoms with Crippen LogP contribution in [0.1, 0.15) is 50.4 Å². The molecule has 4 rings (SSSR count). The van der Waals surface area contributed by atoms with Crippen LogP contribution >= 0.6 is 0 Å². The highest BCUT2D eigenvalue weighted by Gasteiger charge is 2.27. The molecule has 1 aromatic carbocycles. The Balaban J connectivity index is 1.63. The van der Waals surface area contributed by atoms with Gasteiger partial charge in [0, 0.05) is 19.2 Å². The minimum absolute atomic E-state index is 0.0120. The zero-order chi connectivity index (χ0) is 30.4. The molecule has 12 heteroatoms. The number of morpholine rings is 1. The number of aryl methyl sites for hydroxylation is 1. The van der Waals surface area contributed by atoms with Crippen LogP contribution in [-0.4, -0.2) is 54.0 Å². The van der Waals surface area contributed by atoms with Crippen molar-refractivity contribution in [2.75, 3.05) is 41.8 Å². The maximum absolute atomic E-state index is 15.3. The van der Waals surface area contributed by atoms with Crippen molar-refractivity contribution in [3.05, 3.63) is 70.9 Å². The van der Waals surface area contributed by atoms with Crippen molar-refractivity contribution in [2.24, 2.45) is 0 Å². The third-order valence-corrected chi connectivity index (χ3v) is 6.55. The molecular weight excluding hydrogens is 544 g/mol. The number of rotatable bonds is 8. The first kappa shape index (κ1) is 30.5. The Kier molecular flexibility index (Phi) is 9.42. The molecule has 0 bridgehead atoms. The molecule has 10 nitrogen and oxygen atoms in total. The van der Waals surface area contributed by atoms with E-state index in [-0.39, 0.29) is 28.7 Å². The predicted octanol–water partition coefficient (Wildman–Crippen LogP) is 5.58. The van der Waals surface area contributed by atoms with Crippen molar-refractivity contribution in [1.29, 1.82) is 5.26 Å². The van der Waals surface area contributed by atoms with Crippen molar-refractivity contribution in [3.8, 4) is 6.07 Å². The Morgan fingerprint density at radius 2 is 1.86 bits per heavy atom. The van der Waals surface area contributed by atoms with E-state index in [4.69, 9.17) is 9.47 Å². The minimum Gasteiger partial charge on any atom is -0.444 e. The highest BCUT2D eigenvalue weighted by molar-refractivity contribution is 5.69. The summed E-state index contributed by atoms with van der Waals surface area (Å²) in [6.07, 6.45) is 0.803. The molecule has 0 spiro atoms. The summed E-state index contributed by atoms with van der Waals surface area (Å²) < 4.78 is 41.0. The second kappa shape index (κ2) is 13.0. The Morgan fingerprint density at radius 1 is 1.14 bits per heavy atom. The van der Waals surface area contributed by atoms with E-state index in [9.17, 15) is 14.4 Å². The molecule has 0 unspecified atom stereocenters. The number of amides is 1. The van der Waals surface area contributed by atoms with E-state index in [1.807, 2.05) is 37.3 Å². The Hall–Kier alpha value is -4.50. The topological polar surface area (TPSA) is 124 Å². The number of anilines is 4. The molecule has 1 aliphatic rings. The molecule has 3 N–H and O–H groups in total. The summed E-state index contributed by atoms with van der Waals surface area (Å²) in [5, 5.41) is 18.5. The van der Waals surface area contributed by atoms with Crippen LogP contribution < -0.4 is 20.9 Å². The number of nitrogens with zero attached hydrogens (tertiary/aromatic N) is 4. The molecule has 1 aliphatic heterocycles. The fourth-order valence-electron chi connectivity index (χ4n) is 4.55. The van der Waals surface area contributed by atoms with Crippen molar-refractivity contribution >= 4 is 29.2 Å². The van der Waals surface area contributed by atoms with Crippen LogP contribution in [0.3, 0.4) is 0 Å². The van der Waals surface area contributed by atoms with Gasteiger partial charge in [0.15, 0.2) is 29.1 Å². The molecular formula is C30H35F2N7O3. The fraction of sp³-hybridized carbons (Fsp3) is 0.400. The first-order valence-electron chi connectivity index (χ1n) is 13.6. The SMILES string of the molecule is Cc1ccccc1[C@@H](Nc1nc(Nc2cnc(N3CCOCC3)c(F)c2)c(C#N)cc1F)[C@H](C)NC(=O)OC(C)(C)C. The average Bonchev–Trinajstić information content (AvgIpc) is 2.93. The minimum atomic E-state index is -0.771. The van der Waals surface area contributed by atoms with E-state index in [0.717, 1.165) is 17.2 Å². The summed E-state index contributed by atoms with van der Waals surface area (Å²) >= 11 is 0. The van der Waals surface area contributed by atoms with Gasteiger partial charge >= 0.3 is 6.09 Å². The van der Waals surface area contributed by atoms with Crippen LogP contribution in [0.2, 0.25) is 0 Å². The van der Waals surface area contributed by atoms with Crippen LogP contribution in [-0.2, 0) is 9.47 Å². The van der Waals surface area contributed by atoms with Gasteiger partial charge in [0.25, 0.3) is 0 Å². The number of ether oxygens (including phenoxy) is 2. The second-order valence-corrected chi connectivity index (χ2v) is 11.0. The summed E-state index contributed by atoms with van der Waals surface area (Å²) in [5.74, 6) is -1.28. The molecule has 222 valence electrons. The summed E-state index contributed by atoms with van der Waals surface area (Å²) in [7, 11) is 0. The van der Waals surface area contributed by atoms with Gasteiger partial charge in [-0.1, -0.05) is 24.3 Å². The molecule has 1 fully saturated rings. The van der Waals surface area contributed by atoms with E-state index < -0.39 is 35.4 Å². The lowest BCUT2D eigenvalue weighted by Gasteiger charge is -2.29. The van der Waals surface area contributed by atoms with Crippen molar-refractivity contribution in [1.82, 2.24) is 15.3 Å². The number of nitrogens with one attached hydrogen (secondary N) is 3. The largest absolute Gasteiger partial charge is 0.444 e. The van der Waals surface area contributed by atoms with Gasteiger partial charge in [-0.05, 0) is 51.8 Å². The number of carbonyl (C=O) groups is 1. The summed E-state index contributed by atoms with van der Waals surface area (Å²) in [6, 6.07) is 10.5. The number of hydrogen-bond acceptors (Lipinski definition) is 9. The summed E-state index contributed by atoms with van der Waals surface area (Å²) in [4.78, 5) is 23.0. The maximum atomic E-state index is 15.3. The van der Waals surface area contributed by atoms with Gasteiger partial charge in [-0.2, -0.15) is 5.26 Å². The highest BCUT2D eigenvalue weighted by Crippen LogP contribution is 2.30. The molecule has 0 saturated carbocycles. The normalized spacial score (nSPS) is 14.9. The standard InChI is InChI=1S/C30H35F2N7O3/c1-18-8-6-7-9-22(18)25(19(2)35-29(40)42-30(3,4)5)37-27-23(31)14-20(16-33)26(38-27)36-21-15-24(32)28(34-17-21)39-10-12-41-13-11-39/h6-9,14-15,17,19,25H,10-13H2,1-5H3,(H,35,40)(H2,36,37,38)/t19-,25-/m0/s1. The van der Waals surface area contributed by atoms with Crippen molar-refractivity contribution < 1.29 is 23.0 Å². The Bertz CT molecular complexity index is 1470. The van der Waals surface area contributed by atoms with Crippen LogP contribution in [0.15, 0.2) is 42.6 Å². The number of pyridine rings is 2. The Morgan fingerprint density at radius 3 is 2.50 bits per heavy atom. The zero-order valence-electron chi connectivity index (χ0n) is 24.3. The monoisotopic (exact) mass is 579 g/mol. The van der Waals surface area contributed by atoms with E-state index in [2.05, 4.69) is 25.9 Å². The van der Waals surface area contributed by atoms with Gasteiger partial charge < -0.3 is 30.3 Å². The molecule has 0 radical (unpaired) electrons. The molecule has 1 saturated heterocycles. The molecule has 0 aliphatic carbocycles. The highest BCUT2D eigenvalue weighted by atomic mass is 19.1. The second-order valence-electron chi connectivity index (χ2n) is 11.0. The van der Waals surface area contributed by atoms with E-state index in [0.29, 0.717) is 26.3 Å². The lowest BCUT2D eigenvalue weighted by Crippen LogP contribution is -2.43. The molecule has 2 atom stereocenters. The molecule has 3 heterocycles. The average molecular weight is 580 g/mol. The quantitative estimate of drug-likeness (QED) is 0.314. The third kappa shape index (κ3) is 7.61. The molecule has 2 aromatic heterocycles. The van der Waals surface area contributed by atoms with E-state index >= 15 is 4.39 Å². The fourth-order valence-corrected chi connectivity index (χ4v) is 4.55. The number of hydrogen-bond donors (Lipinski definition) is 3. The summed E-state index contributed by atoms with van der Waals surface area (Å²) in [6.45, 7) is 11.0. The van der Waals surface area contributed by atoms with Gasteiger partial charge in [-0.25, -0.2) is 23.5 Å². The lowest BCUT2D eigenvalue weighted by atomic mass is 9.96. The number of nitriles is 1. The molecule has 42 heavy (non-hydrogen) atoms. The number of carbonyl (C=O) groups excluding carboxylic acids is 1. The zero-order valence-corrected chi connectivity index (χ0v) is 24.3. The van der Waals surface area contributed by atoms with E-state index in [1.165, 1.54) is 12.3 Å². The molecule has 3 aromatic rings. The number of halogens is 2. The lowest BCUT2D eigenvalue weighted by molar-refractivity contribution is 0.0503. The van der Waals surface area contributed by atoms with Crippen LogP contribution in [0.5, 0.6) is 0 Å². The van der Waals surface area contributed by atoms with E-state index in [1.54, 1.807) is 32.6 Å². The van der Waals surface area contributed by atoms with Gasteiger partial charge in [0.2, 0.25) is 0 Å². The van der Waals surface area contributed by atoms with Crippen molar-refractivity contribution in [3.63, 3.8) is 0 Å². The van der Waals surface area contributed by atoms with Gasteiger partial charge in [0.1, 0.15) is 11.7 Å². The summed E-state index contributed by atoms with van der Waals surface area (Å²) in [5.41, 5.74) is 1.16. The smallest absolute Gasteiger partial charge is 0.407 e. The van der Waals surface area contributed by atoms with Crippen LogP contribution in [0, 0.1) is 29.9 Å². The van der Waals surface area contributed by atoms with Gasteiger partial charge in [-0.3, -0.25) is 0 Å². The first-order chi connectivity index (χ1) is 19.9. The van der Waals surface area contributed by atoms with Gasteiger partial charge in [-0.15, -0.1) is 0 Å². The first-order valence-corrected chi connectivity index (χ1v) is 13.6. The predicted molar refractivity (Wildman–Crippen MR) is 156 cm³/mol. The number of alkyl carbamates (subject to hydrolysis) is 1. The maximum Gasteiger partial charge on any atom is 0.407 e. The van der Waals surface area contributed by atoms with Crippen LogP contribution in [0.25, 0.3) is 0 Å². The van der Waals surface area contributed by atoms with Crippen LogP contribution in [0.4, 0.5) is 36.7 Å². The Labute approximate surface area is 244 Å². The third-order valence-electron chi connectivity index (χ3n) is 6.55. The van der Waals surface area contributed by atoms with Gasteiger partial charge in [0.05, 0.1) is 42.7 Å².